The van der Waals surface area contributed by atoms with Crippen LogP contribution in [0.4, 0.5) is 0 Å². The number of hydrogen-bond acceptors (Lipinski definition) is 8. The Morgan fingerprint density at radius 2 is 1.97 bits per heavy atom. The van der Waals surface area contributed by atoms with Crippen LogP contribution < -0.4 is 18.9 Å². The summed E-state index contributed by atoms with van der Waals surface area (Å²) in [6, 6.07) is 12.2. The first-order valence-corrected chi connectivity index (χ1v) is 9.71. The SMILES string of the molecule is CCS/C(C#N)=C(\Oc1cc(OC)ccc1C(=O)OC)c1ccc2c(c1)OCO2. The first-order valence-electron chi connectivity index (χ1n) is 8.72. The van der Waals surface area contributed by atoms with Crippen LogP contribution in [0.3, 0.4) is 0 Å². The van der Waals surface area contributed by atoms with Gasteiger partial charge in [-0.2, -0.15) is 5.26 Å². The molecule has 1 heterocycles. The third-order valence-corrected chi connectivity index (χ3v) is 4.89. The fourth-order valence-electron chi connectivity index (χ4n) is 2.67. The lowest BCUT2D eigenvalue weighted by Gasteiger charge is -2.16. The molecule has 0 bridgehead atoms. The summed E-state index contributed by atoms with van der Waals surface area (Å²) in [6.07, 6.45) is 0. The largest absolute Gasteiger partial charge is 0.497 e. The van der Waals surface area contributed by atoms with Crippen molar-refractivity contribution in [3.8, 4) is 29.1 Å². The van der Waals surface area contributed by atoms with Crippen molar-refractivity contribution in [3.05, 3.63) is 52.4 Å². The number of methoxy groups -OCH3 is 2. The first-order chi connectivity index (χ1) is 14.1. The summed E-state index contributed by atoms with van der Waals surface area (Å²) in [5.41, 5.74) is 0.829. The zero-order chi connectivity index (χ0) is 20.8. The molecule has 1 aliphatic rings. The second-order valence-electron chi connectivity index (χ2n) is 5.73. The lowest BCUT2D eigenvalue weighted by atomic mass is 10.1. The van der Waals surface area contributed by atoms with Crippen LogP contribution in [0.25, 0.3) is 5.76 Å². The minimum absolute atomic E-state index is 0.135. The number of thioether (sulfide) groups is 1. The van der Waals surface area contributed by atoms with Crippen LogP contribution in [0.15, 0.2) is 41.3 Å². The summed E-state index contributed by atoms with van der Waals surface area (Å²) in [5, 5.41) is 9.70. The molecule has 0 amide bonds. The second-order valence-corrected chi connectivity index (χ2v) is 7.00. The molecule has 2 aromatic rings. The van der Waals surface area contributed by atoms with E-state index in [1.165, 1.54) is 26.0 Å². The molecule has 0 N–H and O–H groups in total. The molecule has 3 rings (SSSR count). The van der Waals surface area contributed by atoms with Gasteiger partial charge in [0.1, 0.15) is 28.0 Å². The van der Waals surface area contributed by atoms with E-state index in [2.05, 4.69) is 6.07 Å². The monoisotopic (exact) mass is 413 g/mol. The zero-order valence-electron chi connectivity index (χ0n) is 16.2. The molecule has 0 aliphatic carbocycles. The third kappa shape index (κ3) is 4.41. The van der Waals surface area contributed by atoms with Crippen LogP contribution in [0.2, 0.25) is 0 Å². The number of esters is 1. The summed E-state index contributed by atoms with van der Waals surface area (Å²) in [4.78, 5) is 12.6. The molecule has 7 nitrogen and oxygen atoms in total. The van der Waals surface area contributed by atoms with E-state index < -0.39 is 5.97 Å². The number of hydrogen-bond donors (Lipinski definition) is 0. The lowest BCUT2D eigenvalue weighted by Crippen LogP contribution is -2.07. The van der Waals surface area contributed by atoms with Crippen molar-refractivity contribution in [2.24, 2.45) is 0 Å². The topological polar surface area (TPSA) is 87.0 Å². The molecule has 0 saturated heterocycles. The quantitative estimate of drug-likeness (QED) is 0.379. The van der Waals surface area contributed by atoms with Crippen LogP contribution in [0.5, 0.6) is 23.0 Å². The van der Waals surface area contributed by atoms with Crippen LogP contribution >= 0.6 is 11.8 Å². The van der Waals surface area contributed by atoms with E-state index in [4.69, 9.17) is 23.7 Å². The molecule has 2 aromatic carbocycles. The van der Waals surface area contributed by atoms with E-state index in [9.17, 15) is 10.1 Å². The summed E-state index contributed by atoms with van der Waals surface area (Å²) in [6.45, 7) is 2.07. The molecular formula is C21H19NO6S. The molecule has 1 aliphatic heterocycles. The van der Waals surface area contributed by atoms with Crippen LogP contribution in [-0.2, 0) is 4.74 Å². The summed E-state index contributed by atoms with van der Waals surface area (Å²) in [5.74, 6) is 2.30. The molecule has 0 atom stereocenters. The van der Waals surface area contributed by atoms with Crippen LogP contribution in [-0.4, -0.2) is 32.7 Å². The zero-order valence-corrected chi connectivity index (χ0v) is 17.0. The highest BCUT2D eigenvalue weighted by Gasteiger charge is 2.22. The van der Waals surface area contributed by atoms with Gasteiger partial charge in [0.05, 0.1) is 14.2 Å². The lowest BCUT2D eigenvalue weighted by molar-refractivity contribution is 0.0598. The Morgan fingerprint density at radius 3 is 2.66 bits per heavy atom. The summed E-state index contributed by atoms with van der Waals surface area (Å²) in [7, 11) is 2.80. The number of benzene rings is 2. The standard InChI is InChI=1S/C21H19NO6S/c1-4-29-19(11-22)20(13-5-8-16-18(9-13)27-12-26-16)28-17-10-14(24-2)6-7-15(17)21(23)25-3/h5-10H,4,12H2,1-3H3/b20-19-. The Balaban J connectivity index is 2.12. The number of nitriles is 1. The summed E-state index contributed by atoms with van der Waals surface area (Å²) < 4.78 is 27.0. The molecule has 0 fully saturated rings. The maximum Gasteiger partial charge on any atom is 0.341 e. The van der Waals surface area contributed by atoms with Gasteiger partial charge >= 0.3 is 5.97 Å². The molecular weight excluding hydrogens is 394 g/mol. The summed E-state index contributed by atoms with van der Waals surface area (Å²) >= 11 is 1.34. The second kappa shape index (κ2) is 9.26. The minimum atomic E-state index is -0.561. The van der Waals surface area contributed by atoms with Crippen molar-refractivity contribution in [3.63, 3.8) is 0 Å². The number of ether oxygens (including phenoxy) is 5. The Morgan fingerprint density at radius 1 is 1.17 bits per heavy atom. The van der Waals surface area contributed by atoms with Crippen molar-refractivity contribution in [2.45, 2.75) is 6.92 Å². The Kier molecular flexibility index (Phi) is 6.52. The maximum absolute atomic E-state index is 12.2. The number of fused-ring (bicyclic) bond motifs is 1. The fourth-order valence-corrected chi connectivity index (χ4v) is 3.31. The normalized spacial score (nSPS) is 12.6. The van der Waals surface area contributed by atoms with Crippen molar-refractivity contribution < 1.29 is 28.5 Å². The van der Waals surface area contributed by atoms with Gasteiger partial charge in [-0.05, 0) is 36.1 Å². The van der Waals surface area contributed by atoms with Gasteiger partial charge in [-0.15, -0.1) is 11.8 Å². The molecule has 8 heteroatoms. The van der Waals surface area contributed by atoms with Gasteiger partial charge in [0, 0.05) is 11.6 Å². The minimum Gasteiger partial charge on any atom is -0.497 e. The van der Waals surface area contributed by atoms with E-state index in [0.717, 1.165) is 0 Å². The van der Waals surface area contributed by atoms with Gasteiger partial charge in [0.2, 0.25) is 6.79 Å². The predicted octanol–water partition coefficient (Wildman–Crippen LogP) is 4.23. The fraction of sp³-hybridized carbons (Fsp3) is 0.238. The molecule has 29 heavy (non-hydrogen) atoms. The van der Waals surface area contributed by atoms with Crippen molar-refractivity contribution in [1.29, 1.82) is 5.26 Å². The number of allylic oxidation sites excluding steroid dienone is 1. The van der Waals surface area contributed by atoms with E-state index in [1.807, 2.05) is 6.92 Å². The molecule has 0 radical (unpaired) electrons. The van der Waals surface area contributed by atoms with Crippen LogP contribution in [0.1, 0.15) is 22.8 Å². The number of carbonyl (C=O) groups excluding carboxylic acids is 1. The van der Waals surface area contributed by atoms with Gasteiger partial charge in [0.15, 0.2) is 17.3 Å². The van der Waals surface area contributed by atoms with E-state index >= 15 is 0 Å². The van der Waals surface area contributed by atoms with Crippen LogP contribution in [0, 0.1) is 11.3 Å². The van der Waals surface area contributed by atoms with Crippen molar-refractivity contribution >= 4 is 23.5 Å². The highest BCUT2D eigenvalue weighted by Crippen LogP contribution is 2.38. The average Bonchev–Trinajstić information content (AvgIpc) is 3.23. The Hall–Kier alpha value is -3.31. The van der Waals surface area contributed by atoms with Gasteiger partial charge in [-0.25, -0.2) is 4.79 Å². The first kappa shape index (κ1) is 20.4. The smallest absolute Gasteiger partial charge is 0.341 e. The van der Waals surface area contributed by atoms with Crippen molar-refractivity contribution in [1.82, 2.24) is 0 Å². The Labute approximate surface area is 172 Å². The molecule has 150 valence electrons. The third-order valence-electron chi connectivity index (χ3n) is 4.04. The van der Waals surface area contributed by atoms with E-state index in [0.29, 0.717) is 39.2 Å². The highest BCUT2D eigenvalue weighted by molar-refractivity contribution is 8.03. The predicted molar refractivity (Wildman–Crippen MR) is 108 cm³/mol. The van der Waals surface area contributed by atoms with Gasteiger partial charge in [-0.3, -0.25) is 0 Å². The molecule has 0 saturated carbocycles. The van der Waals surface area contributed by atoms with Gasteiger partial charge in [-0.1, -0.05) is 6.92 Å². The number of rotatable bonds is 7. The number of nitrogens with zero attached hydrogens (tertiary/aromatic N) is 1. The van der Waals surface area contributed by atoms with E-state index in [1.54, 1.807) is 36.4 Å². The van der Waals surface area contributed by atoms with Crippen molar-refractivity contribution in [2.75, 3.05) is 26.8 Å². The molecule has 0 spiro atoms. The molecule has 0 unspecified atom stereocenters. The van der Waals surface area contributed by atoms with Gasteiger partial charge < -0.3 is 23.7 Å². The molecule has 0 aromatic heterocycles. The number of carbonyl (C=O) groups is 1. The maximum atomic E-state index is 12.2. The Bertz CT molecular complexity index is 995. The highest BCUT2D eigenvalue weighted by atomic mass is 32.2. The average molecular weight is 413 g/mol. The van der Waals surface area contributed by atoms with Gasteiger partial charge in [0.25, 0.3) is 0 Å². The van der Waals surface area contributed by atoms with E-state index in [-0.39, 0.29) is 18.1 Å².